The maximum Gasteiger partial charge on any atom is 0.274 e. The topological polar surface area (TPSA) is 54.3 Å². The summed E-state index contributed by atoms with van der Waals surface area (Å²) in [5.74, 6) is 0.00416. The van der Waals surface area contributed by atoms with Crippen LogP contribution in [0.3, 0.4) is 0 Å². The molecular formula is C19H22ClN5OS. The van der Waals surface area contributed by atoms with Gasteiger partial charge in [0.1, 0.15) is 5.52 Å². The number of nitrogens with zero attached hydrogens (tertiary/aromatic N) is 5. The van der Waals surface area contributed by atoms with Gasteiger partial charge in [0.05, 0.1) is 9.72 Å². The van der Waals surface area contributed by atoms with Crippen molar-refractivity contribution < 1.29 is 4.79 Å². The van der Waals surface area contributed by atoms with E-state index in [2.05, 4.69) is 23.8 Å². The number of aromatic nitrogens is 3. The Morgan fingerprint density at radius 3 is 2.59 bits per heavy atom. The van der Waals surface area contributed by atoms with Gasteiger partial charge in [-0.25, -0.2) is 4.98 Å². The lowest BCUT2D eigenvalue weighted by Crippen LogP contribution is -2.48. The zero-order valence-electron chi connectivity index (χ0n) is 15.6. The third kappa shape index (κ3) is 3.41. The summed E-state index contributed by atoms with van der Waals surface area (Å²) in [7, 11) is 0. The van der Waals surface area contributed by atoms with Crippen LogP contribution in [0.25, 0.3) is 10.2 Å². The van der Waals surface area contributed by atoms with E-state index in [1.54, 1.807) is 11.3 Å². The Bertz CT molecular complexity index is 987. The first kappa shape index (κ1) is 18.3. The van der Waals surface area contributed by atoms with Crippen molar-refractivity contribution >= 4 is 44.2 Å². The molecule has 0 aliphatic carbocycles. The molecule has 1 fully saturated rings. The van der Waals surface area contributed by atoms with Gasteiger partial charge in [0.2, 0.25) is 0 Å². The second-order valence-corrected chi connectivity index (χ2v) is 8.49. The molecule has 0 bridgehead atoms. The molecule has 0 unspecified atom stereocenters. The summed E-state index contributed by atoms with van der Waals surface area (Å²) in [6, 6.07) is 7.97. The van der Waals surface area contributed by atoms with E-state index in [4.69, 9.17) is 16.6 Å². The number of halogens is 1. The van der Waals surface area contributed by atoms with Crippen LogP contribution in [0.2, 0.25) is 5.02 Å². The van der Waals surface area contributed by atoms with Crippen molar-refractivity contribution in [1.82, 2.24) is 19.7 Å². The Hall–Kier alpha value is -2.12. The normalized spacial score (nSPS) is 15.1. The second-order valence-electron chi connectivity index (χ2n) is 7.07. The Kier molecular flexibility index (Phi) is 4.82. The van der Waals surface area contributed by atoms with Gasteiger partial charge in [-0.1, -0.05) is 29.0 Å². The second kappa shape index (κ2) is 7.13. The number of benzene rings is 1. The van der Waals surface area contributed by atoms with Gasteiger partial charge in [0.25, 0.3) is 5.91 Å². The Morgan fingerprint density at radius 2 is 1.96 bits per heavy atom. The van der Waals surface area contributed by atoms with E-state index in [0.29, 0.717) is 23.8 Å². The number of hydrogen-bond acceptors (Lipinski definition) is 5. The van der Waals surface area contributed by atoms with Crippen LogP contribution in [-0.2, 0) is 0 Å². The fraction of sp³-hybridized carbons (Fsp3) is 0.421. The first-order valence-corrected chi connectivity index (χ1v) is 10.3. The number of hydrogen-bond donors (Lipinski definition) is 0. The number of anilines is 1. The molecule has 142 valence electrons. The Morgan fingerprint density at radius 1 is 1.22 bits per heavy atom. The zero-order valence-corrected chi connectivity index (χ0v) is 17.2. The number of thiazole rings is 1. The van der Waals surface area contributed by atoms with Gasteiger partial charge >= 0.3 is 0 Å². The number of carbonyl (C=O) groups excluding carboxylic acids is 1. The minimum Gasteiger partial charge on any atom is -0.345 e. The lowest BCUT2D eigenvalue weighted by Gasteiger charge is -2.34. The number of para-hydroxylation sites is 1. The predicted octanol–water partition coefficient (Wildman–Crippen LogP) is 4.00. The van der Waals surface area contributed by atoms with E-state index < -0.39 is 0 Å². The van der Waals surface area contributed by atoms with E-state index in [1.165, 1.54) is 0 Å². The average molecular weight is 404 g/mol. The standard InChI is InChI=1S/C19H22ClN5OS/c1-12(2)25-13(3)11-15(22-25)18(26)23-7-9-24(10-8-23)19-21-17-14(20)5-4-6-16(17)27-19/h4-6,11-12H,7-10H2,1-3H3. The van der Waals surface area contributed by atoms with Crippen molar-refractivity contribution in [2.24, 2.45) is 0 Å². The van der Waals surface area contributed by atoms with Crippen molar-refractivity contribution in [3.8, 4) is 0 Å². The largest absolute Gasteiger partial charge is 0.345 e. The van der Waals surface area contributed by atoms with Crippen LogP contribution in [0, 0.1) is 6.92 Å². The molecule has 3 aromatic rings. The van der Waals surface area contributed by atoms with Crippen LogP contribution in [-0.4, -0.2) is 51.8 Å². The summed E-state index contributed by atoms with van der Waals surface area (Å²) in [5, 5.41) is 6.13. The molecule has 1 aliphatic heterocycles. The Balaban J connectivity index is 1.46. The summed E-state index contributed by atoms with van der Waals surface area (Å²) in [4.78, 5) is 21.6. The van der Waals surface area contributed by atoms with Crippen LogP contribution < -0.4 is 4.90 Å². The highest BCUT2D eigenvalue weighted by molar-refractivity contribution is 7.22. The quantitative estimate of drug-likeness (QED) is 0.663. The highest BCUT2D eigenvalue weighted by Gasteiger charge is 2.26. The third-order valence-electron chi connectivity index (χ3n) is 4.83. The van der Waals surface area contributed by atoms with Crippen molar-refractivity contribution in [2.75, 3.05) is 31.1 Å². The molecule has 0 radical (unpaired) electrons. The van der Waals surface area contributed by atoms with Gasteiger partial charge in [-0.2, -0.15) is 5.10 Å². The summed E-state index contributed by atoms with van der Waals surface area (Å²) in [6.07, 6.45) is 0. The van der Waals surface area contributed by atoms with Gasteiger partial charge in [-0.3, -0.25) is 9.48 Å². The van der Waals surface area contributed by atoms with E-state index in [1.807, 2.05) is 40.8 Å². The molecule has 27 heavy (non-hydrogen) atoms. The first-order chi connectivity index (χ1) is 12.9. The maximum absolute atomic E-state index is 12.8. The fourth-order valence-electron chi connectivity index (χ4n) is 3.42. The van der Waals surface area contributed by atoms with Crippen molar-refractivity contribution in [1.29, 1.82) is 0 Å². The summed E-state index contributed by atoms with van der Waals surface area (Å²) < 4.78 is 2.99. The van der Waals surface area contributed by atoms with E-state index in [0.717, 1.165) is 34.1 Å². The molecule has 0 saturated carbocycles. The minimum absolute atomic E-state index is 0.00416. The molecular weight excluding hydrogens is 382 g/mol. The molecule has 0 spiro atoms. The third-order valence-corrected chi connectivity index (χ3v) is 6.21. The highest BCUT2D eigenvalue weighted by Crippen LogP contribution is 2.33. The molecule has 2 aromatic heterocycles. The van der Waals surface area contributed by atoms with Crippen molar-refractivity contribution in [3.63, 3.8) is 0 Å². The molecule has 0 atom stereocenters. The molecule has 0 N–H and O–H groups in total. The number of rotatable bonds is 3. The highest BCUT2D eigenvalue weighted by atomic mass is 35.5. The summed E-state index contributed by atoms with van der Waals surface area (Å²) in [6.45, 7) is 8.96. The maximum atomic E-state index is 12.8. The van der Waals surface area contributed by atoms with E-state index >= 15 is 0 Å². The Labute approximate surface area is 167 Å². The van der Waals surface area contributed by atoms with Crippen LogP contribution in [0.5, 0.6) is 0 Å². The predicted molar refractivity (Wildman–Crippen MR) is 110 cm³/mol. The van der Waals surface area contributed by atoms with Crippen LogP contribution in [0.4, 0.5) is 5.13 Å². The average Bonchev–Trinajstić information content (AvgIpc) is 3.26. The van der Waals surface area contributed by atoms with E-state index in [9.17, 15) is 4.79 Å². The SMILES string of the molecule is Cc1cc(C(=O)N2CCN(c3nc4c(Cl)cccc4s3)CC2)nn1C(C)C. The van der Waals surface area contributed by atoms with Crippen LogP contribution >= 0.6 is 22.9 Å². The lowest BCUT2D eigenvalue weighted by atomic mass is 10.2. The van der Waals surface area contributed by atoms with Crippen LogP contribution in [0.1, 0.15) is 36.1 Å². The molecule has 1 aromatic carbocycles. The van der Waals surface area contributed by atoms with Gasteiger partial charge in [0, 0.05) is 37.9 Å². The van der Waals surface area contributed by atoms with Crippen molar-refractivity contribution in [3.05, 3.63) is 40.7 Å². The van der Waals surface area contributed by atoms with Crippen molar-refractivity contribution in [2.45, 2.75) is 26.8 Å². The monoisotopic (exact) mass is 403 g/mol. The molecule has 6 nitrogen and oxygen atoms in total. The van der Waals surface area contributed by atoms with Gasteiger partial charge in [0.15, 0.2) is 10.8 Å². The molecule has 1 aliphatic rings. The minimum atomic E-state index is 0.00416. The number of carbonyl (C=O) groups is 1. The number of fused-ring (bicyclic) bond motifs is 1. The fourth-order valence-corrected chi connectivity index (χ4v) is 4.73. The van der Waals surface area contributed by atoms with Gasteiger partial charge in [-0.05, 0) is 39.0 Å². The smallest absolute Gasteiger partial charge is 0.274 e. The van der Waals surface area contributed by atoms with E-state index in [-0.39, 0.29) is 11.9 Å². The molecule has 1 amide bonds. The lowest BCUT2D eigenvalue weighted by molar-refractivity contribution is 0.0739. The molecule has 3 heterocycles. The summed E-state index contributed by atoms with van der Waals surface area (Å²) in [5.41, 5.74) is 2.40. The van der Waals surface area contributed by atoms with Gasteiger partial charge < -0.3 is 9.80 Å². The number of amides is 1. The summed E-state index contributed by atoms with van der Waals surface area (Å²) >= 11 is 7.89. The molecule has 8 heteroatoms. The van der Waals surface area contributed by atoms with Gasteiger partial charge in [-0.15, -0.1) is 0 Å². The molecule has 1 saturated heterocycles. The number of piperazine rings is 1. The zero-order chi connectivity index (χ0) is 19.1. The molecule has 4 rings (SSSR count). The first-order valence-electron chi connectivity index (χ1n) is 9.09. The van der Waals surface area contributed by atoms with Crippen LogP contribution in [0.15, 0.2) is 24.3 Å². The number of aryl methyl sites for hydroxylation is 1.